The molecule has 1 aliphatic rings. The maximum atomic E-state index is 12.5. The van der Waals surface area contributed by atoms with Crippen LogP contribution in [-0.2, 0) is 20.7 Å². The quantitative estimate of drug-likeness (QED) is 0.180. The van der Waals surface area contributed by atoms with Crippen molar-refractivity contribution < 1.29 is 28.3 Å². The fourth-order valence-corrected chi connectivity index (χ4v) is 4.18. The molecule has 1 N–H and O–H groups in total. The lowest BCUT2D eigenvalue weighted by atomic mass is 9.79. The number of para-hydroxylation sites is 2. The topological polar surface area (TPSA) is 75.3 Å². The first-order valence-electron chi connectivity index (χ1n) is 13.6. The van der Waals surface area contributed by atoms with Crippen LogP contribution in [0.4, 0.5) is 10.5 Å². The molecule has 0 saturated carbocycles. The van der Waals surface area contributed by atoms with E-state index in [1.54, 1.807) is 12.1 Å². The zero-order valence-corrected chi connectivity index (χ0v) is 23.7. The molecule has 1 saturated heterocycles. The van der Waals surface area contributed by atoms with Crippen LogP contribution in [0.3, 0.4) is 0 Å². The highest BCUT2D eigenvalue weighted by atomic mass is 16.7. The van der Waals surface area contributed by atoms with E-state index in [2.05, 4.69) is 5.32 Å². The third kappa shape index (κ3) is 7.09. The van der Waals surface area contributed by atoms with E-state index < -0.39 is 30.7 Å². The lowest BCUT2D eigenvalue weighted by Crippen LogP contribution is -2.41. The number of carbonyl (C=O) groups excluding carboxylic acids is 1. The van der Waals surface area contributed by atoms with Gasteiger partial charge in [-0.25, -0.2) is 4.79 Å². The van der Waals surface area contributed by atoms with Crippen molar-refractivity contribution in [1.82, 2.24) is 0 Å². The van der Waals surface area contributed by atoms with Gasteiger partial charge in [-0.1, -0.05) is 60.7 Å². The summed E-state index contributed by atoms with van der Waals surface area (Å²) in [6, 6.07) is 33.9. The minimum absolute atomic E-state index is 0.130. The minimum Gasteiger partial charge on any atom is -0.451 e. The normalized spacial score (nSPS) is 15.4. The Bertz CT molecular complexity index is 1370. The Labute approximate surface area is 241 Å². The zero-order chi connectivity index (χ0) is 28.9. The third-order valence-corrected chi connectivity index (χ3v) is 7.28. The number of benzene rings is 4. The van der Waals surface area contributed by atoms with Crippen LogP contribution in [0.25, 0.3) is 0 Å². The molecule has 1 fully saturated rings. The smallest absolute Gasteiger partial charge is 0.451 e. The summed E-state index contributed by atoms with van der Waals surface area (Å²) in [6.07, 6.45) is -1.23. The summed E-state index contributed by atoms with van der Waals surface area (Å²) in [5, 5.41) is 2.77. The van der Waals surface area contributed by atoms with Crippen LogP contribution in [0, 0.1) is 0 Å². The molecule has 0 radical (unpaired) electrons. The molecule has 41 heavy (non-hydrogen) atoms. The molecule has 1 aliphatic heterocycles. The number of nitrogens with one attached hydrogen (secondary N) is 1. The lowest BCUT2D eigenvalue weighted by molar-refractivity contribution is 0.00383. The van der Waals surface area contributed by atoms with E-state index in [4.69, 9.17) is 23.5 Å². The van der Waals surface area contributed by atoms with Gasteiger partial charge in [-0.3, -0.25) is 5.32 Å². The molecule has 1 heterocycles. The van der Waals surface area contributed by atoms with E-state index in [1.807, 2.05) is 125 Å². The van der Waals surface area contributed by atoms with Crippen LogP contribution in [0.1, 0.15) is 45.1 Å². The van der Waals surface area contributed by atoms with Gasteiger partial charge in [0.1, 0.15) is 18.1 Å². The molecule has 4 aromatic rings. The third-order valence-electron chi connectivity index (χ3n) is 7.28. The predicted molar refractivity (Wildman–Crippen MR) is 159 cm³/mol. The first-order valence-corrected chi connectivity index (χ1v) is 13.6. The Morgan fingerprint density at radius 3 is 1.76 bits per heavy atom. The van der Waals surface area contributed by atoms with Crippen molar-refractivity contribution in [2.75, 3.05) is 5.32 Å². The van der Waals surface area contributed by atoms with Gasteiger partial charge in [0.2, 0.25) is 0 Å². The minimum atomic E-state index is -0.680. The standard InChI is InChI=1S/C33H34BNO6/c1-32(2)33(3,4)41-34(40-32)26-19-15-24(16-20-26)23-37-31(36)35-27-21-17-25(18-22-27)30(38-28-11-7-5-8-12-28)39-29-13-9-6-10-14-29/h5-22,30H,23H2,1-4H3,(H,35,36). The molecule has 7 nitrogen and oxygen atoms in total. The number of hydrogen-bond acceptors (Lipinski definition) is 6. The summed E-state index contributed by atoms with van der Waals surface area (Å²) in [6.45, 7) is 8.23. The Balaban J connectivity index is 1.16. The van der Waals surface area contributed by atoms with Crippen molar-refractivity contribution in [1.29, 1.82) is 0 Å². The Kier molecular flexibility index (Phi) is 8.33. The molecule has 0 bridgehead atoms. The fraction of sp³-hybridized carbons (Fsp3) is 0.242. The van der Waals surface area contributed by atoms with Crippen molar-refractivity contribution in [2.45, 2.75) is 51.8 Å². The first-order chi connectivity index (χ1) is 19.7. The van der Waals surface area contributed by atoms with E-state index in [9.17, 15) is 4.79 Å². The van der Waals surface area contributed by atoms with Crippen LogP contribution in [-0.4, -0.2) is 24.4 Å². The van der Waals surface area contributed by atoms with Gasteiger partial charge in [0.15, 0.2) is 0 Å². The van der Waals surface area contributed by atoms with Crippen molar-refractivity contribution in [2.24, 2.45) is 0 Å². The molecule has 0 aromatic heterocycles. The van der Waals surface area contributed by atoms with Gasteiger partial charge in [0, 0.05) is 11.3 Å². The fourth-order valence-electron chi connectivity index (χ4n) is 4.18. The molecule has 0 atom stereocenters. The van der Waals surface area contributed by atoms with E-state index in [0.717, 1.165) is 16.6 Å². The molecule has 210 valence electrons. The second-order valence-corrected chi connectivity index (χ2v) is 10.8. The van der Waals surface area contributed by atoms with Crippen molar-refractivity contribution in [3.8, 4) is 11.5 Å². The number of rotatable bonds is 9. The summed E-state index contributed by atoms with van der Waals surface area (Å²) < 4.78 is 29.9. The highest BCUT2D eigenvalue weighted by Crippen LogP contribution is 2.36. The van der Waals surface area contributed by atoms with Crippen LogP contribution in [0.15, 0.2) is 109 Å². The molecular weight excluding hydrogens is 517 g/mol. The molecule has 0 aliphatic carbocycles. The SMILES string of the molecule is CC1(C)OB(c2ccc(COC(=O)Nc3ccc(C(Oc4ccccc4)Oc4ccccc4)cc3)cc2)OC1(C)C. The highest BCUT2D eigenvalue weighted by molar-refractivity contribution is 6.62. The molecule has 8 heteroatoms. The second kappa shape index (κ2) is 12.1. The van der Waals surface area contributed by atoms with Gasteiger partial charge >= 0.3 is 13.2 Å². The van der Waals surface area contributed by atoms with Gasteiger partial charge < -0.3 is 23.5 Å². The highest BCUT2D eigenvalue weighted by Gasteiger charge is 2.51. The average Bonchev–Trinajstić information content (AvgIpc) is 3.19. The van der Waals surface area contributed by atoms with Gasteiger partial charge in [-0.05, 0) is 87.3 Å². The molecule has 1 amide bonds. The summed E-state index contributed by atoms with van der Waals surface area (Å²) in [5.41, 5.74) is 2.35. The van der Waals surface area contributed by atoms with E-state index in [-0.39, 0.29) is 6.61 Å². The maximum Gasteiger partial charge on any atom is 0.494 e. The number of anilines is 1. The summed E-state index contributed by atoms with van der Waals surface area (Å²) >= 11 is 0. The van der Waals surface area contributed by atoms with Gasteiger partial charge in [0.05, 0.1) is 11.2 Å². The lowest BCUT2D eigenvalue weighted by Gasteiger charge is -2.32. The Hall–Kier alpha value is -4.27. The summed E-state index contributed by atoms with van der Waals surface area (Å²) in [5.74, 6) is 1.37. The van der Waals surface area contributed by atoms with Crippen LogP contribution in [0.5, 0.6) is 11.5 Å². The number of hydrogen-bond donors (Lipinski definition) is 1. The number of amides is 1. The number of carbonyl (C=O) groups is 1. The summed E-state index contributed by atoms with van der Waals surface area (Å²) in [7, 11) is -0.433. The van der Waals surface area contributed by atoms with Gasteiger partial charge in [-0.15, -0.1) is 0 Å². The molecular formula is C33H34BNO6. The maximum absolute atomic E-state index is 12.5. The average molecular weight is 551 g/mol. The van der Waals surface area contributed by atoms with Crippen LogP contribution >= 0.6 is 0 Å². The molecule has 0 spiro atoms. The Morgan fingerprint density at radius 2 is 1.24 bits per heavy atom. The van der Waals surface area contributed by atoms with Gasteiger partial charge in [-0.2, -0.15) is 0 Å². The molecule has 4 aromatic carbocycles. The van der Waals surface area contributed by atoms with E-state index in [1.165, 1.54) is 0 Å². The Morgan fingerprint density at radius 1 is 0.732 bits per heavy atom. The number of ether oxygens (including phenoxy) is 3. The largest absolute Gasteiger partial charge is 0.494 e. The zero-order valence-electron chi connectivity index (χ0n) is 23.7. The van der Waals surface area contributed by atoms with Crippen LogP contribution < -0.4 is 20.3 Å². The molecule has 5 rings (SSSR count). The second-order valence-electron chi connectivity index (χ2n) is 10.8. The summed E-state index contributed by atoms with van der Waals surface area (Å²) in [4.78, 5) is 12.5. The van der Waals surface area contributed by atoms with Crippen molar-refractivity contribution in [3.63, 3.8) is 0 Å². The molecule has 0 unspecified atom stereocenters. The van der Waals surface area contributed by atoms with E-state index >= 15 is 0 Å². The first kappa shape index (κ1) is 28.3. The van der Waals surface area contributed by atoms with Gasteiger partial charge in [0.25, 0.3) is 6.29 Å². The monoisotopic (exact) mass is 551 g/mol. The van der Waals surface area contributed by atoms with E-state index in [0.29, 0.717) is 17.2 Å². The van der Waals surface area contributed by atoms with Crippen LogP contribution in [0.2, 0.25) is 0 Å². The predicted octanol–water partition coefficient (Wildman–Crippen LogP) is 6.89. The van der Waals surface area contributed by atoms with Crippen molar-refractivity contribution in [3.05, 3.63) is 120 Å². The van der Waals surface area contributed by atoms with Crippen molar-refractivity contribution >= 4 is 24.4 Å².